The molecular formula is C17H25NO. The van der Waals surface area contributed by atoms with Crippen molar-refractivity contribution in [2.75, 3.05) is 6.54 Å². The minimum atomic E-state index is 0. The Morgan fingerprint density at radius 2 is 2.05 bits per heavy atom. The second-order valence-corrected chi connectivity index (χ2v) is 5.47. The molecule has 1 aromatic carbocycles. The molecule has 0 radical (unpaired) electrons. The zero-order valence-corrected chi connectivity index (χ0v) is 12.3. The second-order valence-electron chi connectivity index (χ2n) is 5.47. The predicted octanol–water partition coefficient (Wildman–Crippen LogP) is 3.25. The van der Waals surface area contributed by atoms with Crippen LogP contribution >= 0.6 is 0 Å². The second kappa shape index (κ2) is 7.63. The average Bonchev–Trinajstić information content (AvgIpc) is 2.34. The molecule has 1 aromatic rings. The van der Waals surface area contributed by atoms with Gasteiger partial charge in [0, 0.05) is 12.9 Å². The van der Waals surface area contributed by atoms with Crippen molar-refractivity contribution in [1.82, 2.24) is 5.32 Å². The summed E-state index contributed by atoms with van der Waals surface area (Å²) in [5, 5.41) is 2.79. The van der Waals surface area contributed by atoms with Gasteiger partial charge in [0.2, 0.25) is 5.91 Å². The Bertz CT molecular complexity index is 483. The summed E-state index contributed by atoms with van der Waals surface area (Å²) >= 11 is 0. The molecule has 0 spiro atoms. The molecule has 0 unspecified atom stereocenters. The van der Waals surface area contributed by atoms with E-state index < -0.39 is 0 Å². The van der Waals surface area contributed by atoms with Crippen LogP contribution in [0, 0.1) is 23.7 Å². The lowest BCUT2D eigenvalue weighted by atomic mass is 10.0. The molecule has 0 aliphatic carbocycles. The van der Waals surface area contributed by atoms with Gasteiger partial charge in [0.15, 0.2) is 0 Å². The summed E-state index contributed by atoms with van der Waals surface area (Å²) in [4.78, 5) is 11.4. The molecule has 0 aliphatic rings. The van der Waals surface area contributed by atoms with Gasteiger partial charge >= 0.3 is 0 Å². The van der Waals surface area contributed by atoms with Gasteiger partial charge in [0.25, 0.3) is 0 Å². The Morgan fingerprint density at radius 1 is 1.32 bits per heavy atom. The number of hydrogen-bond acceptors (Lipinski definition) is 1. The molecule has 1 rings (SSSR count). The first kappa shape index (κ1) is 15.3. The summed E-state index contributed by atoms with van der Waals surface area (Å²) in [6.45, 7) is 8.57. The molecule has 19 heavy (non-hydrogen) atoms. The van der Waals surface area contributed by atoms with Crippen LogP contribution < -0.4 is 5.32 Å². The van der Waals surface area contributed by atoms with Gasteiger partial charge in [-0.15, -0.1) is 0 Å². The van der Waals surface area contributed by atoms with E-state index in [0.717, 1.165) is 12.0 Å². The Morgan fingerprint density at radius 3 is 2.68 bits per heavy atom. The molecular weight excluding hydrogens is 234 g/mol. The van der Waals surface area contributed by atoms with E-state index in [0.29, 0.717) is 12.5 Å². The van der Waals surface area contributed by atoms with E-state index in [-0.39, 0.29) is 13.3 Å². The van der Waals surface area contributed by atoms with Gasteiger partial charge in [-0.05, 0) is 30.0 Å². The van der Waals surface area contributed by atoms with E-state index >= 15 is 0 Å². The summed E-state index contributed by atoms with van der Waals surface area (Å²) < 4.78 is 0. The Kier molecular flexibility index (Phi) is 6.15. The molecule has 1 amide bonds. The van der Waals surface area contributed by atoms with Crippen LogP contribution in [0.15, 0.2) is 24.3 Å². The molecule has 1 N–H and O–H groups in total. The highest BCUT2D eigenvalue weighted by Crippen LogP contribution is 2.09. The van der Waals surface area contributed by atoms with Crippen LogP contribution in [0.2, 0.25) is 0 Å². The number of nitrogens with one attached hydrogen (secondary N) is 1. The fourth-order valence-corrected chi connectivity index (χ4v) is 1.73. The number of carbonyl (C=O) groups excluding carboxylic acids is 1. The van der Waals surface area contributed by atoms with E-state index in [1.54, 1.807) is 0 Å². The van der Waals surface area contributed by atoms with Crippen LogP contribution in [0.3, 0.4) is 0 Å². The van der Waals surface area contributed by atoms with E-state index in [9.17, 15) is 4.79 Å². The third-order valence-electron chi connectivity index (χ3n) is 2.68. The molecule has 0 saturated carbocycles. The summed E-state index contributed by atoms with van der Waals surface area (Å²) in [6.07, 6.45) is 1.07. The maximum absolute atomic E-state index is 11.4. The minimum Gasteiger partial charge on any atom is -0.345 e. The Hall–Kier alpha value is -1.75. The standard InChI is InChI=1S/C17H23NO.H2/c1-13(2)11-16-8-5-7-15(12-16)9-6-10-18-17(19)14(3)4;/h5,7-8,12-14H,10-11H2,1-4H3,(H,18,19);1H. The fraction of sp³-hybridized carbons (Fsp3) is 0.471. The lowest BCUT2D eigenvalue weighted by Gasteiger charge is -2.05. The third-order valence-corrected chi connectivity index (χ3v) is 2.68. The fourth-order valence-electron chi connectivity index (χ4n) is 1.73. The van der Waals surface area contributed by atoms with Gasteiger partial charge in [-0.3, -0.25) is 4.79 Å². The maximum atomic E-state index is 11.4. The maximum Gasteiger partial charge on any atom is 0.223 e. The molecule has 104 valence electrons. The first-order chi connectivity index (χ1) is 8.99. The molecule has 0 aromatic heterocycles. The normalized spacial score (nSPS) is 10.2. The van der Waals surface area contributed by atoms with Crippen LogP contribution in [-0.2, 0) is 11.2 Å². The van der Waals surface area contributed by atoms with E-state index in [4.69, 9.17) is 0 Å². The van der Waals surface area contributed by atoms with Gasteiger partial charge in [0.1, 0.15) is 0 Å². The van der Waals surface area contributed by atoms with E-state index in [1.807, 2.05) is 26.0 Å². The minimum absolute atomic E-state index is 0. The van der Waals surface area contributed by atoms with Crippen molar-refractivity contribution in [1.29, 1.82) is 0 Å². The third kappa shape index (κ3) is 6.10. The van der Waals surface area contributed by atoms with Crippen molar-refractivity contribution >= 4 is 5.91 Å². The highest BCUT2D eigenvalue weighted by atomic mass is 16.1. The van der Waals surface area contributed by atoms with Crippen LogP contribution in [0.4, 0.5) is 0 Å². The summed E-state index contributed by atoms with van der Waals surface area (Å²) in [7, 11) is 0. The van der Waals surface area contributed by atoms with Crippen molar-refractivity contribution in [2.45, 2.75) is 34.1 Å². The number of benzene rings is 1. The Balaban J connectivity index is 0.00000361. The van der Waals surface area contributed by atoms with Crippen LogP contribution in [-0.4, -0.2) is 12.5 Å². The van der Waals surface area contributed by atoms with Gasteiger partial charge in [-0.2, -0.15) is 0 Å². The molecule has 0 bridgehead atoms. The topological polar surface area (TPSA) is 29.1 Å². The predicted molar refractivity (Wildman–Crippen MR) is 81.8 cm³/mol. The monoisotopic (exact) mass is 259 g/mol. The van der Waals surface area contributed by atoms with Crippen LogP contribution in [0.25, 0.3) is 0 Å². The molecule has 0 saturated heterocycles. The zero-order chi connectivity index (χ0) is 14.3. The SMILES string of the molecule is CC(C)Cc1cccc(C#CCNC(=O)C(C)C)c1.[HH]. The first-order valence-corrected chi connectivity index (χ1v) is 6.84. The lowest BCUT2D eigenvalue weighted by molar-refractivity contribution is -0.123. The van der Waals surface area contributed by atoms with Gasteiger partial charge in [-0.25, -0.2) is 0 Å². The highest BCUT2D eigenvalue weighted by Gasteiger charge is 2.03. The molecule has 2 nitrogen and oxygen atoms in total. The zero-order valence-electron chi connectivity index (χ0n) is 12.3. The Labute approximate surface area is 118 Å². The van der Waals surface area contributed by atoms with Crippen LogP contribution in [0.1, 0.15) is 40.2 Å². The smallest absolute Gasteiger partial charge is 0.223 e. The number of rotatable bonds is 4. The van der Waals surface area contributed by atoms with Gasteiger partial charge in [-0.1, -0.05) is 51.7 Å². The van der Waals surface area contributed by atoms with Crippen molar-refractivity contribution < 1.29 is 6.22 Å². The number of hydrogen-bond donors (Lipinski definition) is 1. The summed E-state index contributed by atoms with van der Waals surface area (Å²) in [6, 6.07) is 8.29. The summed E-state index contributed by atoms with van der Waals surface area (Å²) in [5.74, 6) is 6.78. The molecule has 0 fully saturated rings. The van der Waals surface area contributed by atoms with E-state index in [1.165, 1.54) is 5.56 Å². The van der Waals surface area contributed by atoms with Gasteiger partial charge < -0.3 is 5.32 Å². The van der Waals surface area contributed by atoms with Crippen molar-refractivity contribution in [3.05, 3.63) is 35.4 Å². The summed E-state index contributed by atoms with van der Waals surface area (Å²) in [5.41, 5.74) is 2.32. The molecule has 0 aliphatic heterocycles. The quantitative estimate of drug-likeness (QED) is 0.826. The van der Waals surface area contributed by atoms with Crippen molar-refractivity contribution in [2.24, 2.45) is 11.8 Å². The van der Waals surface area contributed by atoms with E-state index in [2.05, 4.69) is 43.1 Å². The lowest BCUT2D eigenvalue weighted by Crippen LogP contribution is -2.27. The first-order valence-electron chi connectivity index (χ1n) is 6.84. The molecule has 2 heteroatoms. The van der Waals surface area contributed by atoms with Crippen molar-refractivity contribution in [3.63, 3.8) is 0 Å². The molecule has 0 heterocycles. The van der Waals surface area contributed by atoms with Gasteiger partial charge in [0.05, 0.1) is 6.54 Å². The van der Waals surface area contributed by atoms with Crippen LogP contribution in [0.5, 0.6) is 0 Å². The van der Waals surface area contributed by atoms with Crippen molar-refractivity contribution in [3.8, 4) is 11.8 Å². The average molecular weight is 259 g/mol. The molecule has 0 atom stereocenters. The largest absolute Gasteiger partial charge is 0.345 e. The number of amides is 1. The highest BCUT2D eigenvalue weighted by molar-refractivity contribution is 5.78. The number of carbonyl (C=O) groups is 1.